The second kappa shape index (κ2) is 12.8. The van der Waals surface area contributed by atoms with Crippen molar-refractivity contribution in [3.05, 3.63) is 70.7 Å². The van der Waals surface area contributed by atoms with Gasteiger partial charge in [-0.25, -0.2) is 0 Å². The Morgan fingerprint density at radius 1 is 1.06 bits per heavy atom. The fourth-order valence-electron chi connectivity index (χ4n) is 4.97. The van der Waals surface area contributed by atoms with E-state index in [0.29, 0.717) is 16.3 Å². The summed E-state index contributed by atoms with van der Waals surface area (Å²) < 4.78 is 0. The monoisotopic (exact) mass is 513 g/mol. The Hall–Kier alpha value is -2.02. The molecule has 2 amide bonds. The third-order valence-corrected chi connectivity index (χ3v) is 8.53. The van der Waals surface area contributed by atoms with Gasteiger partial charge in [0.1, 0.15) is 6.04 Å². The number of thioether (sulfide) groups is 1. The topological polar surface area (TPSA) is 52.7 Å². The zero-order chi connectivity index (χ0) is 24.6. The van der Waals surface area contributed by atoms with Crippen molar-refractivity contribution in [2.45, 2.75) is 69.5 Å². The van der Waals surface area contributed by atoms with Gasteiger partial charge in [-0.2, -0.15) is 0 Å². The number of amides is 2. The maximum Gasteiger partial charge on any atom is 0.255 e. The fourth-order valence-corrected chi connectivity index (χ4v) is 6.62. The molecule has 0 bridgehead atoms. The van der Waals surface area contributed by atoms with E-state index in [9.17, 15) is 9.59 Å². The van der Waals surface area contributed by atoms with Gasteiger partial charge in [-0.05, 0) is 43.0 Å². The average molecular weight is 514 g/mol. The summed E-state index contributed by atoms with van der Waals surface area (Å²) in [4.78, 5) is 31.2. The van der Waals surface area contributed by atoms with E-state index < -0.39 is 6.04 Å². The highest BCUT2D eigenvalue weighted by atomic mass is 35.5. The predicted molar refractivity (Wildman–Crippen MR) is 145 cm³/mol. The van der Waals surface area contributed by atoms with Crippen LogP contribution in [0.25, 0.3) is 0 Å². The van der Waals surface area contributed by atoms with Gasteiger partial charge in [0.25, 0.3) is 5.91 Å². The summed E-state index contributed by atoms with van der Waals surface area (Å²) in [7, 11) is 0. The third kappa shape index (κ3) is 7.02. The quantitative estimate of drug-likeness (QED) is 0.444. The largest absolute Gasteiger partial charge is 0.351 e. The molecule has 2 saturated heterocycles. The molecule has 2 aromatic carbocycles. The van der Waals surface area contributed by atoms with Crippen molar-refractivity contribution >= 4 is 35.2 Å². The van der Waals surface area contributed by atoms with Crippen molar-refractivity contribution in [3.8, 4) is 0 Å². The van der Waals surface area contributed by atoms with Crippen LogP contribution in [0.1, 0.15) is 61.4 Å². The van der Waals surface area contributed by atoms with Crippen LogP contribution in [-0.4, -0.2) is 57.9 Å². The van der Waals surface area contributed by atoms with Crippen molar-refractivity contribution < 1.29 is 9.59 Å². The van der Waals surface area contributed by atoms with E-state index in [1.54, 1.807) is 36.0 Å². The van der Waals surface area contributed by atoms with Crippen LogP contribution in [0.3, 0.4) is 0 Å². The minimum absolute atomic E-state index is 0.0209. The molecule has 4 rings (SSSR count). The lowest BCUT2D eigenvalue weighted by atomic mass is 10.0. The molecule has 0 spiro atoms. The molecule has 0 saturated carbocycles. The molecule has 0 aromatic heterocycles. The van der Waals surface area contributed by atoms with Gasteiger partial charge in [0.05, 0.1) is 5.37 Å². The fraction of sp³-hybridized carbons (Fsp3) is 0.500. The highest BCUT2D eigenvalue weighted by Gasteiger charge is 2.42. The van der Waals surface area contributed by atoms with Crippen LogP contribution in [-0.2, 0) is 11.3 Å². The Balaban J connectivity index is 1.37. The van der Waals surface area contributed by atoms with Crippen LogP contribution in [0.4, 0.5) is 0 Å². The maximum absolute atomic E-state index is 13.5. The summed E-state index contributed by atoms with van der Waals surface area (Å²) in [5, 5.41) is 3.84. The van der Waals surface area contributed by atoms with Crippen molar-refractivity contribution in [3.63, 3.8) is 0 Å². The van der Waals surface area contributed by atoms with Crippen LogP contribution in [0, 0.1) is 0 Å². The van der Waals surface area contributed by atoms with Crippen LogP contribution >= 0.6 is 23.4 Å². The number of likely N-dealkylation sites (tertiary alicyclic amines) is 1. The van der Waals surface area contributed by atoms with Crippen molar-refractivity contribution in [2.75, 3.05) is 18.8 Å². The SMILES string of the molecule is CCCCCC1SCC(C(=O)NC2CCN(Cc3ccccc3)CC2)N1C(=O)c1cccc(Cl)c1. The second-order valence-electron chi connectivity index (χ2n) is 9.57. The highest BCUT2D eigenvalue weighted by molar-refractivity contribution is 8.00. The zero-order valence-corrected chi connectivity index (χ0v) is 22.1. The van der Waals surface area contributed by atoms with E-state index in [-0.39, 0.29) is 23.2 Å². The first-order valence-corrected chi connectivity index (χ1v) is 14.2. The van der Waals surface area contributed by atoms with E-state index in [1.165, 1.54) is 5.56 Å². The number of hydrogen-bond donors (Lipinski definition) is 1. The molecule has 2 atom stereocenters. The zero-order valence-electron chi connectivity index (χ0n) is 20.5. The van der Waals surface area contributed by atoms with E-state index in [1.807, 2.05) is 11.0 Å². The Morgan fingerprint density at radius 3 is 2.54 bits per heavy atom. The normalized spacial score (nSPS) is 21.3. The van der Waals surface area contributed by atoms with Gasteiger partial charge in [0.15, 0.2) is 0 Å². The number of nitrogens with one attached hydrogen (secondary N) is 1. The summed E-state index contributed by atoms with van der Waals surface area (Å²) in [6, 6.07) is 17.3. The summed E-state index contributed by atoms with van der Waals surface area (Å²) in [5.74, 6) is 0.520. The Kier molecular flexibility index (Phi) is 9.52. The Morgan fingerprint density at radius 2 is 1.83 bits per heavy atom. The smallest absolute Gasteiger partial charge is 0.255 e. The van der Waals surface area contributed by atoms with Crippen molar-refractivity contribution in [2.24, 2.45) is 0 Å². The Bertz CT molecular complexity index is 981. The van der Waals surface area contributed by atoms with E-state index in [0.717, 1.165) is 58.2 Å². The van der Waals surface area contributed by atoms with E-state index >= 15 is 0 Å². The molecular weight excluding hydrogens is 478 g/mol. The lowest BCUT2D eigenvalue weighted by Crippen LogP contribution is -2.53. The van der Waals surface area contributed by atoms with E-state index in [2.05, 4.69) is 41.4 Å². The molecule has 5 nitrogen and oxygen atoms in total. The summed E-state index contributed by atoms with van der Waals surface area (Å²) in [6.07, 6.45) is 6.09. The summed E-state index contributed by atoms with van der Waals surface area (Å²) in [6.45, 7) is 5.05. The molecule has 188 valence electrons. The number of carbonyl (C=O) groups is 2. The molecular formula is C28H36ClN3O2S. The van der Waals surface area contributed by atoms with Crippen molar-refractivity contribution in [1.29, 1.82) is 0 Å². The number of piperidine rings is 1. The molecule has 7 heteroatoms. The van der Waals surface area contributed by atoms with Crippen LogP contribution in [0.5, 0.6) is 0 Å². The predicted octanol–water partition coefficient (Wildman–Crippen LogP) is 5.58. The maximum atomic E-state index is 13.5. The van der Waals surface area contributed by atoms with Crippen LogP contribution in [0.15, 0.2) is 54.6 Å². The molecule has 2 aromatic rings. The van der Waals surface area contributed by atoms with Gasteiger partial charge >= 0.3 is 0 Å². The minimum Gasteiger partial charge on any atom is -0.351 e. The Labute approximate surface area is 218 Å². The number of unbranched alkanes of at least 4 members (excludes halogenated alkanes) is 2. The molecule has 2 aliphatic heterocycles. The highest BCUT2D eigenvalue weighted by Crippen LogP contribution is 2.34. The van der Waals surface area contributed by atoms with E-state index in [4.69, 9.17) is 11.6 Å². The number of hydrogen-bond acceptors (Lipinski definition) is 4. The molecule has 0 radical (unpaired) electrons. The number of halogens is 1. The summed E-state index contributed by atoms with van der Waals surface area (Å²) >= 11 is 7.90. The molecule has 35 heavy (non-hydrogen) atoms. The van der Waals surface area contributed by atoms with Gasteiger partial charge in [-0.1, -0.05) is 74.2 Å². The minimum atomic E-state index is -0.444. The van der Waals surface area contributed by atoms with Gasteiger partial charge in [0, 0.05) is 42.0 Å². The first-order chi connectivity index (χ1) is 17.0. The first kappa shape index (κ1) is 26.1. The standard InChI is InChI=1S/C28H36ClN3O2S/c1-2-3-5-13-26-32(28(34)22-11-8-12-23(29)18-22)25(20-35-26)27(33)30-24-14-16-31(17-15-24)19-21-9-6-4-7-10-21/h4,6-12,18,24-26H,2-3,5,13-17,19-20H2,1H3,(H,30,33). The number of nitrogens with zero attached hydrogens (tertiary/aromatic N) is 2. The van der Waals surface area contributed by atoms with Gasteiger partial charge in [-0.15, -0.1) is 11.8 Å². The lowest BCUT2D eigenvalue weighted by molar-refractivity contribution is -0.125. The van der Waals surface area contributed by atoms with Gasteiger partial charge in [0.2, 0.25) is 5.91 Å². The molecule has 1 N–H and O–H groups in total. The summed E-state index contributed by atoms with van der Waals surface area (Å²) in [5.41, 5.74) is 1.87. The molecule has 2 aliphatic rings. The van der Waals surface area contributed by atoms with Crippen LogP contribution < -0.4 is 5.32 Å². The number of rotatable bonds is 9. The molecule has 2 fully saturated rings. The first-order valence-electron chi connectivity index (χ1n) is 12.8. The average Bonchev–Trinajstić information content (AvgIpc) is 3.29. The van der Waals surface area contributed by atoms with Gasteiger partial charge in [-0.3, -0.25) is 14.5 Å². The second-order valence-corrected chi connectivity index (χ2v) is 11.2. The molecule has 0 aliphatic carbocycles. The van der Waals surface area contributed by atoms with Crippen molar-refractivity contribution in [1.82, 2.24) is 15.1 Å². The van der Waals surface area contributed by atoms with Crippen LogP contribution in [0.2, 0.25) is 5.02 Å². The van der Waals surface area contributed by atoms with Gasteiger partial charge < -0.3 is 10.2 Å². The lowest BCUT2D eigenvalue weighted by Gasteiger charge is -2.34. The molecule has 2 heterocycles. The number of carbonyl (C=O) groups excluding carboxylic acids is 2. The number of benzene rings is 2. The third-order valence-electron chi connectivity index (χ3n) is 6.94. The molecule has 2 unspecified atom stereocenters.